The predicted octanol–water partition coefficient (Wildman–Crippen LogP) is 3.29. The van der Waals surface area contributed by atoms with E-state index >= 15 is 0 Å². The number of hydrogen-bond donors (Lipinski definition) is 1. The Kier molecular flexibility index (Phi) is 5.62. The van der Waals surface area contributed by atoms with Gasteiger partial charge in [-0.25, -0.2) is 0 Å². The SMILES string of the molecule is C=C/C=C(\CNCC)C1CCCCC1. The van der Waals surface area contributed by atoms with Crippen LogP contribution in [0.15, 0.2) is 24.3 Å². The van der Waals surface area contributed by atoms with Gasteiger partial charge in [-0.3, -0.25) is 0 Å². The molecule has 0 saturated heterocycles. The molecule has 1 N–H and O–H groups in total. The van der Waals surface area contributed by atoms with Crippen LogP contribution < -0.4 is 5.32 Å². The summed E-state index contributed by atoms with van der Waals surface area (Å²) in [6.07, 6.45) is 11.1. The van der Waals surface area contributed by atoms with Crippen molar-refractivity contribution in [2.45, 2.75) is 39.0 Å². The van der Waals surface area contributed by atoms with Crippen LogP contribution in [0.2, 0.25) is 0 Å². The first-order valence-electron chi connectivity index (χ1n) is 5.90. The van der Waals surface area contributed by atoms with Gasteiger partial charge in [-0.1, -0.05) is 50.5 Å². The Balaban J connectivity index is 2.47. The summed E-state index contributed by atoms with van der Waals surface area (Å²) in [5, 5.41) is 3.41. The Morgan fingerprint density at radius 3 is 2.64 bits per heavy atom. The van der Waals surface area contributed by atoms with Crippen molar-refractivity contribution in [2.24, 2.45) is 5.92 Å². The lowest BCUT2D eigenvalue weighted by Gasteiger charge is -2.24. The molecule has 1 rings (SSSR count). The van der Waals surface area contributed by atoms with E-state index in [0.717, 1.165) is 19.0 Å². The average Bonchev–Trinajstić information content (AvgIpc) is 2.25. The fourth-order valence-corrected chi connectivity index (χ4v) is 2.23. The zero-order chi connectivity index (χ0) is 10.2. The molecule has 0 heterocycles. The molecule has 1 aliphatic rings. The third-order valence-corrected chi connectivity index (χ3v) is 3.04. The molecule has 1 heteroatoms. The molecule has 0 atom stereocenters. The van der Waals surface area contributed by atoms with Gasteiger partial charge in [-0.2, -0.15) is 0 Å². The smallest absolute Gasteiger partial charge is 0.0170 e. The van der Waals surface area contributed by atoms with E-state index < -0.39 is 0 Å². The number of allylic oxidation sites excluding steroid dienone is 2. The van der Waals surface area contributed by atoms with E-state index in [-0.39, 0.29) is 0 Å². The van der Waals surface area contributed by atoms with Crippen molar-refractivity contribution in [3.63, 3.8) is 0 Å². The molecular formula is C13H23N. The van der Waals surface area contributed by atoms with Gasteiger partial charge in [0.2, 0.25) is 0 Å². The Labute approximate surface area is 88.3 Å². The van der Waals surface area contributed by atoms with Gasteiger partial charge in [-0.15, -0.1) is 0 Å². The molecule has 0 aromatic heterocycles. The van der Waals surface area contributed by atoms with Crippen LogP contribution in [-0.4, -0.2) is 13.1 Å². The van der Waals surface area contributed by atoms with Crippen LogP contribution >= 0.6 is 0 Å². The van der Waals surface area contributed by atoms with Crippen molar-refractivity contribution in [3.05, 3.63) is 24.3 Å². The summed E-state index contributed by atoms with van der Waals surface area (Å²) in [7, 11) is 0. The van der Waals surface area contributed by atoms with E-state index in [0.29, 0.717) is 0 Å². The van der Waals surface area contributed by atoms with Crippen LogP contribution in [0.25, 0.3) is 0 Å². The van der Waals surface area contributed by atoms with Crippen LogP contribution in [-0.2, 0) is 0 Å². The molecule has 0 unspecified atom stereocenters. The Morgan fingerprint density at radius 1 is 1.36 bits per heavy atom. The van der Waals surface area contributed by atoms with Crippen molar-refractivity contribution in [1.82, 2.24) is 5.32 Å². The zero-order valence-electron chi connectivity index (χ0n) is 9.39. The second-order valence-corrected chi connectivity index (χ2v) is 4.09. The topological polar surface area (TPSA) is 12.0 Å². The molecule has 1 fully saturated rings. The summed E-state index contributed by atoms with van der Waals surface area (Å²) < 4.78 is 0. The van der Waals surface area contributed by atoms with Crippen LogP contribution in [0.4, 0.5) is 0 Å². The van der Waals surface area contributed by atoms with Crippen molar-refractivity contribution in [2.75, 3.05) is 13.1 Å². The summed E-state index contributed by atoms with van der Waals surface area (Å²) in [6.45, 7) is 8.06. The van der Waals surface area contributed by atoms with Crippen LogP contribution in [0.3, 0.4) is 0 Å². The lowest BCUT2D eigenvalue weighted by Crippen LogP contribution is -2.21. The van der Waals surface area contributed by atoms with Crippen molar-refractivity contribution in [1.29, 1.82) is 0 Å². The molecule has 80 valence electrons. The maximum atomic E-state index is 3.80. The maximum absolute atomic E-state index is 3.80. The molecule has 0 bridgehead atoms. The van der Waals surface area contributed by atoms with Gasteiger partial charge < -0.3 is 5.32 Å². The van der Waals surface area contributed by atoms with E-state index in [9.17, 15) is 0 Å². The fourth-order valence-electron chi connectivity index (χ4n) is 2.23. The Bertz CT molecular complexity index is 187. The molecule has 14 heavy (non-hydrogen) atoms. The molecule has 0 aromatic rings. The van der Waals surface area contributed by atoms with Crippen molar-refractivity contribution in [3.8, 4) is 0 Å². The van der Waals surface area contributed by atoms with Gasteiger partial charge in [0.05, 0.1) is 0 Å². The van der Waals surface area contributed by atoms with E-state index in [4.69, 9.17) is 0 Å². The summed E-state index contributed by atoms with van der Waals surface area (Å²) in [6, 6.07) is 0. The largest absolute Gasteiger partial charge is 0.313 e. The molecular weight excluding hydrogens is 170 g/mol. The number of nitrogens with one attached hydrogen (secondary N) is 1. The highest BCUT2D eigenvalue weighted by molar-refractivity contribution is 5.15. The third kappa shape index (κ3) is 3.67. The molecule has 0 radical (unpaired) electrons. The molecule has 1 saturated carbocycles. The maximum Gasteiger partial charge on any atom is 0.0170 e. The van der Waals surface area contributed by atoms with E-state index in [1.54, 1.807) is 5.57 Å². The van der Waals surface area contributed by atoms with Crippen LogP contribution in [0.1, 0.15) is 39.0 Å². The van der Waals surface area contributed by atoms with Gasteiger partial charge in [0.1, 0.15) is 0 Å². The van der Waals surface area contributed by atoms with Gasteiger partial charge in [0.25, 0.3) is 0 Å². The minimum atomic E-state index is 0.820. The first-order valence-corrected chi connectivity index (χ1v) is 5.90. The summed E-state index contributed by atoms with van der Waals surface area (Å²) >= 11 is 0. The van der Waals surface area contributed by atoms with Crippen LogP contribution in [0.5, 0.6) is 0 Å². The van der Waals surface area contributed by atoms with E-state index in [2.05, 4.69) is 24.9 Å². The van der Waals surface area contributed by atoms with Crippen LogP contribution in [0, 0.1) is 5.92 Å². The third-order valence-electron chi connectivity index (χ3n) is 3.04. The molecule has 0 aromatic carbocycles. The van der Waals surface area contributed by atoms with Gasteiger partial charge in [-0.05, 0) is 25.3 Å². The fraction of sp³-hybridized carbons (Fsp3) is 0.692. The monoisotopic (exact) mass is 193 g/mol. The first kappa shape index (κ1) is 11.5. The summed E-state index contributed by atoms with van der Waals surface area (Å²) in [4.78, 5) is 0. The molecule has 0 amide bonds. The van der Waals surface area contributed by atoms with Crippen molar-refractivity contribution >= 4 is 0 Å². The number of likely N-dealkylation sites (N-methyl/N-ethyl adjacent to an activating group) is 1. The van der Waals surface area contributed by atoms with E-state index in [1.165, 1.54) is 32.1 Å². The molecule has 1 aliphatic carbocycles. The summed E-state index contributed by atoms with van der Waals surface area (Å²) in [5.74, 6) is 0.820. The van der Waals surface area contributed by atoms with E-state index in [1.807, 2.05) is 6.08 Å². The lowest BCUT2D eigenvalue weighted by atomic mass is 9.83. The second-order valence-electron chi connectivity index (χ2n) is 4.09. The lowest BCUT2D eigenvalue weighted by molar-refractivity contribution is 0.395. The highest BCUT2D eigenvalue weighted by atomic mass is 14.8. The quantitative estimate of drug-likeness (QED) is 0.661. The van der Waals surface area contributed by atoms with Gasteiger partial charge >= 0.3 is 0 Å². The van der Waals surface area contributed by atoms with Gasteiger partial charge in [0, 0.05) is 6.54 Å². The number of rotatable bonds is 5. The average molecular weight is 193 g/mol. The normalized spacial score (nSPS) is 19.6. The van der Waals surface area contributed by atoms with Gasteiger partial charge in [0.15, 0.2) is 0 Å². The standard InChI is InChI=1S/C13H23N/c1-3-8-13(11-14-4-2)12-9-6-5-7-10-12/h3,8,12,14H,1,4-7,9-11H2,2H3/b13-8+. The minimum Gasteiger partial charge on any atom is -0.313 e. The first-order chi connectivity index (χ1) is 6.88. The minimum absolute atomic E-state index is 0.820. The highest BCUT2D eigenvalue weighted by Crippen LogP contribution is 2.29. The highest BCUT2D eigenvalue weighted by Gasteiger charge is 2.16. The second kappa shape index (κ2) is 6.83. The predicted molar refractivity (Wildman–Crippen MR) is 63.4 cm³/mol. The molecule has 1 nitrogen and oxygen atoms in total. The zero-order valence-corrected chi connectivity index (χ0v) is 9.39. The molecule has 0 aliphatic heterocycles. The van der Waals surface area contributed by atoms with Crippen molar-refractivity contribution < 1.29 is 0 Å². The summed E-state index contributed by atoms with van der Waals surface area (Å²) in [5.41, 5.74) is 1.56. The Hall–Kier alpha value is -0.560. The molecule has 0 spiro atoms. The number of hydrogen-bond acceptors (Lipinski definition) is 1. The Morgan fingerprint density at radius 2 is 2.07 bits per heavy atom.